The zero-order valence-corrected chi connectivity index (χ0v) is 21.9. The van der Waals surface area contributed by atoms with E-state index in [0.29, 0.717) is 37.6 Å². The molecule has 0 aliphatic carbocycles. The molecule has 0 radical (unpaired) electrons. The molecule has 9 nitrogen and oxygen atoms in total. The Bertz CT molecular complexity index is 1520. The van der Waals surface area contributed by atoms with Crippen LogP contribution in [0.5, 0.6) is 0 Å². The Balaban J connectivity index is 0.00000336. The Kier molecular flexibility index (Phi) is 7.03. The molecular formula is C26H29ClN6O3S. The first-order chi connectivity index (χ1) is 17.8. The van der Waals surface area contributed by atoms with Gasteiger partial charge in [0.2, 0.25) is 5.91 Å². The highest BCUT2D eigenvalue weighted by Gasteiger charge is 2.27. The SMILES string of the molecule is C[C@@H]1CN(c2ccc(S(=O)(=O)Nc3ccncn3)cc2)CCN1C(=O)CCn1ccc2cc(Cl)ccc21.[HH]. The maximum atomic E-state index is 13.0. The minimum absolute atomic E-state index is 0. The maximum absolute atomic E-state index is 13.0. The summed E-state index contributed by atoms with van der Waals surface area (Å²) in [6.45, 7) is 4.60. The molecule has 37 heavy (non-hydrogen) atoms. The number of aromatic nitrogens is 3. The van der Waals surface area contributed by atoms with Crippen LogP contribution in [0.1, 0.15) is 14.8 Å². The fourth-order valence-corrected chi connectivity index (χ4v) is 5.86. The van der Waals surface area contributed by atoms with E-state index in [1.807, 2.05) is 42.3 Å². The van der Waals surface area contributed by atoms with Crippen molar-refractivity contribution in [3.05, 3.63) is 78.3 Å². The lowest BCUT2D eigenvalue weighted by Crippen LogP contribution is -2.54. The molecule has 0 saturated carbocycles. The first-order valence-electron chi connectivity index (χ1n) is 12.0. The van der Waals surface area contributed by atoms with Crippen LogP contribution in [-0.2, 0) is 21.4 Å². The lowest BCUT2D eigenvalue weighted by Gasteiger charge is -2.41. The Morgan fingerprint density at radius 3 is 2.68 bits per heavy atom. The number of halogens is 1. The molecule has 1 atom stereocenters. The monoisotopic (exact) mass is 540 g/mol. The molecule has 5 rings (SSSR count). The highest BCUT2D eigenvalue weighted by Crippen LogP contribution is 2.24. The smallest absolute Gasteiger partial charge is 0.263 e. The normalized spacial score (nSPS) is 16.2. The summed E-state index contributed by atoms with van der Waals surface area (Å²) in [4.78, 5) is 25.0. The number of anilines is 2. The van der Waals surface area contributed by atoms with Crippen LogP contribution in [-0.4, -0.2) is 59.4 Å². The van der Waals surface area contributed by atoms with Crippen LogP contribution in [0.3, 0.4) is 0 Å². The third kappa shape index (κ3) is 5.55. The van der Waals surface area contributed by atoms with E-state index >= 15 is 0 Å². The van der Waals surface area contributed by atoms with Gasteiger partial charge in [-0.25, -0.2) is 18.4 Å². The van der Waals surface area contributed by atoms with Gasteiger partial charge in [-0.05, 0) is 61.5 Å². The highest BCUT2D eigenvalue weighted by atomic mass is 35.5. The van der Waals surface area contributed by atoms with Crippen molar-refractivity contribution in [2.24, 2.45) is 0 Å². The zero-order valence-electron chi connectivity index (χ0n) is 20.3. The Labute approximate surface area is 222 Å². The van der Waals surface area contributed by atoms with Crippen LogP contribution in [0.4, 0.5) is 11.5 Å². The number of carbonyl (C=O) groups excluding carboxylic acids is 1. The number of carbonyl (C=O) groups is 1. The number of rotatable bonds is 7. The number of nitrogens with zero attached hydrogens (tertiary/aromatic N) is 5. The largest absolute Gasteiger partial charge is 0.368 e. The molecule has 0 unspecified atom stereocenters. The molecule has 1 fully saturated rings. The molecule has 1 amide bonds. The number of sulfonamides is 1. The molecule has 2 aromatic carbocycles. The summed E-state index contributed by atoms with van der Waals surface area (Å²) in [5, 5.41) is 1.76. The van der Waals surface area contributed by atoms with Crippen molar-refractivity contribution in [2.45, 2.75) is 30.8 Å². The number of nitrogens with one attached hydrogen (secondary N) is 1. The molecule has 11 heteroatoms. The molecule has 2 aromatic heterocycles. The van der Waals surface area contributed by atoms with Crippen molar-refractivity contribution >= 4 is 49.9 Å². The van der Waals surface area contributed by atoms with Gasteiger partial charge in [0.05, 0.1) is 4.90 Å². The van der Waals surface area contributed by atoms with E-state index in [-0.39, 0.29) is 24.1 Å². The van der Waals surface area contributed by atoms with Gasteiger partial charge in [-0.1, -0.05) is 11.6 Å². The quantitative estimate of drug-likeness (QED) is 0.376. The molecular weight excluding hydrogens is 512 g/mol. The Morgan fingerprint density at radius 1 is 1.14 bits per heavy atom. The van der Waals surface area contributed by atoms with Crippen molar-refractivity contribution in [3.8, 4) is 0 Å². The molecule has 0 bridgehead atoms. The second-order valence-electron chi connectivity index (χ2n) is 9.04. The van der Waals surface area contributed by atoms with Crippen molar-refractivity contribution < 1.29 is 14.6 Å². The fourth-order valence-electron chi connectivity index (χ4n) is 4.67. The van der Waals surface area contributed by atoms with E-state index in [9.17, 15) is 13.2 Å². The summed E-state index contributed by atoms with van der Waals surface area (Å²) in [5.41, 5.74) is 1.98. The topological polar surface area (TPSA) is 100 Å². The molecule has 0 spiro atoms. The number of hydrogen-bond acceptors (Lipinski definition) is 6. The fraction of sp³-hybridized carbons (Fsp3) is 0.269. The molecule has 1 aliphatic heterocycles. The second kappa shape index (κ2) is 10.4. The van der Waals surface area contributed by atoms with E-state index in [1.54, 1.807) is 24.3 Å². The van der Waals surface area contributed by atoms with E-state index < -0.39 is 10.0 Å². The first kappa shape index (κ1) is 25.0. The van der Waals surface area contributed by atoms with Crippen molar-refractivity contribution in [3.63, 3.8) is 0 Å². The molecule has 1 aliphatic rings. The van der Waals surface area contributed by atoms with Crippen LogP contribution >= 0.6 is 11.6 Å². The van der Waals surface area contributed by atoms with Gasteiger partial charge < -0.3 is 14.4 Å². The van der Waals surface area contributed by atoms with Gasteiger partial charge in [0, 0.05) is 74.1 Å². The molecule has 1 saturated heterocycles. The Morgan fingerprint density at radius 2 is 1.95 bits per heavy atom. The predicted octanol–water partition coefficient (Wildman–Crippen LogP) is 4.26. The van der Waals surface area contributed by atoms with Gasteiger partial charge in [-0.15, -0.1) is 0 Å². The molecule has 4 aromatic rings. The van der Waals surface area contributed by atoms with Crippen molar-refractivity contribution in [1.82, 2.24) is 19.4 Å². The lowest BCUT2D eigenvalue weighted by atomic mass is 10.1. The van der Waals surface area contributed by atoms with Gasteiger partial charge in [0.25, 0.3) is 10.0 Å². The second-order valence-corrected chi connectivity index (χ2v) is 11.2. The van der Waals surface area contributed by atoms with Crippen LogP contribution in [0, 0.1) is 0 Å². The van der Waals surface area contributed by atoms with E-state index in [2.05, 4.69) is 24.2 Å². The van der Waals surface area contributed by atoms with E-state index in [1.165, 1.54) is 18.6 Å². The van der Waals surface area contributed by atoms with Gasteiger partial charge in [-0.3, -0.25) is 9.52 Å². The number of fused-ring (bicyclic) bond motifs is 1. The number of amides is 1. The van der Waals surface area contributed by atoms with E-state index in [4.69, 9.17) is 11.6 Å². The summed E-state index contributed by atoms with van der Waals surface area (Å²) in [5.74, 6) is 0.336. The summed E-state index contributed by atoms with van der Waals surface area (Å²) in [6, 6.07) is 16.0. The molecule has 194 valence electrons. The summed E-state index contributed by atoms with van der Waals surface area (Å²) in [7, 11) is -3.75. The summed E-state index contributed by atoms with van der Waals surface area (Å²) < 4.78 is 29.8. The van der Waals surface area contributed by atoms with Crippen molar-refractivity contribution in [1.29, 1.82) is 0 Å². The molecule has 1 N–H and O–H groups in total. The number of piperazine rings is 1. The van der Waals surface area contributed by atoms with Crippen LogP contribution in [0.2, 0.25) is 5.02 Å². The third-order valence-electron chi connectivity index (χ3n) is 6.58. The van der Waals surface area contributed by atoms with Crippen molar-refractivity contribution in [2.75, 3.05) is 29.3 Å². The van der Waals surface area contributed by atoms with Gasteiger partial charge in [0.1, 0.15) is 12.1 Å². The van der Waals surface area contributed by atoms with Gasteiger partial charge >= 0.3 is 0 Å². The summed E-state index contributed by atoms with van der Waals surface area (Å²) in [6.07, 6.45) is 5.16. The maximum Gasteiger partial charge on any atom is 0.263 e. The standard InChI is InChI=1S/C26H27ClN6O3S.H2/c1-19-17-32(22-3-5-23(6-4-22)37(35,36)30-25-8-11-28-18-29-25)14-15-33(19)26(34)10-13-31-12-9-20-16-21(27)2-7-24(20)31;/h2-9,11-12,16,18-19H,10,13-15,17H2,1H3,(H,28,29,30);1H/t19-;/m1./s1. The van der Waals surface area contributed by atoms with Gasteiger partial charge in [-0.2, -0.15) is 0 Å². The highest BCUT2D eigenvalue weighted by molar-refractivity contribution is 7.92. The van der Waals surface area contributed by atoms with Crippen LogP contribution in [0.25, 0.3) is 10.9 Å². The minimum atomic E-state index is -3.75. The summed E-state index contributed by atoms with van der Waals surface area (Å²) >= 11 is 6.08. The number of benzene rings is 2. The van der Waals surface area contributed by atoms with Crippen LogP contribution in [0.15, 0.2) is 78.2 Å². The Hall–Kier alpha value is -3.63. The average molecular weight is 541 g/mol. The van der Waals surface area contributed by atoms with E-state index in [0.717, 1.165) is 16.6 Å². The third-order valence-corrected chi connectivity index (χ3v) is 8.19. The minimum Gasteiger partial charge on any atom is -0.368 e. The predicted molar refractivity (Wildman–Crippen MR) is 146 cm³/mol. The van der Waals surface area contributed by atoms with Gasteiger partial charge in [0.15, 0.2) is 0 Å². The average Bonchev–Trinajstić information content (AvgIpc) is 3.29. The number of aryl methyl sites for hydroxylation is 1. The number of hydrogen-bond donors (Lipinski definition) is 1. The lowest BCUT2D eigenvalue weighted by molar-refractivity contribution is -0.133. The first-order valence-corrected chi connectivity index (χ1v) is 13.8. The zero-order chi connectivity index (χ0) is 26.0. The molecule has 3 heterocycles. The van der Waals surface area contributed by atoms with Crippen LogP contribution < -0.4 is 9.62 Å².